The van der Waals surface area contributed by atoms with Gasteiger partial charge in [-0.15, -0.1) is 11.3 Å². The first-order valence-corrected chi connectivity index (χ1v) is 11.7. The maximum atomic E-state index is 4.56. The molecule has 5 aromatic rings. The van der Waals surface area contributed by atoms with E-state index in [9.17, 15) is 0 Å². The summed E-state index contributed by atoms with van der Waals surface area (Å²) in [4.78, 5) is 20.2. The number of aryl methyl sites for hydroxylation is 2. The highest BCUT2D eigenvalue weighted by Crippen LogP contribution is 2.40. The average Bonchev–Trinajstić information content (AvgIpc) is 3.30. The summed E-state index contributed by atoms with van der Waals surface area (Å²) in [5.74, 6) is 0. The number of rotatable bonds is 4. The highest BCUT2D eigenvalue weighted by molar-refractivity contribution is 7.18. The summed E-state index contributed by atoms with van der Waals surface area (Å²) in [6, 6.07) is 8.45. The van der Waals surface area contributed by atoms with Gasteiger partial charge in [0.1, 0.15) is 0 Å². The molecule has 5 rings (SSSR count). The zero-order chi connectivity index (χ0) is 22.9. The van der Waals surface area contributed by atoms with Gasteiger partial charge in [0.25, 0.3) is 0 Å². The Morgan fingerprint density at radius 2 is 0.848 bits per heavy atom. The average molecular weight is 449 g/mol. The third kappa shape index (κ3) is 3.85. The third-order valence-electron chi connectivity index (χ3n) is 6.23. The Balaban J connectivity index is 1.57. The fourth-order valence-electron chi connectivity index (χ4n) is 4.21. The quantitative estimate of drug-likeness (QED) is 0.291. The number of nitrogens with zero attached hydrogens (tertiary/aromatic N) is 4. The van der Waals surface area contributed by atoms with E-state index in [2.05, 4.69) is 59.8 Å². The molecule has 162 valence electrons. The predicted molar refractivity (Wildman–Crippen MR) is 136 cm³/mol. The van der Waals surface area contributed by atoms with Crippen LogP contribution in [0, 0.1) is 27.7 Å². The molecular weight excluding hydrogens is 424 g/mol. The second kappa shape index (κ2) is 8.68. The normalized spacial score (nSPS) is 11.0. The van der Waals surface area contributed by atoms with E-state index in [1.165, 1.54) is 32.0 Å². The van der Waals surface area contributed by atoms with E-state index in [4.69, 9.17) is 0 Å². The standard InChI is InChI=1S/C28H24N4S/c1-17-7-9-29-11-21(17)23-13-31-15-25(19(23)3)27-5-6-28(33-27)26-16-32-14-24(20(26)4)22-12-30-10-8-18(22)2/h5-16H,1-4H3. The van der Waals surface area contributed by atoms with Gasteiger partial charge in [0.15, 0.2) is 0 Å². The SMILES string of the molecule is Cc1ccncc1-c1cncc(-c2ccc(-c3cncc(-c4cnccc4C)c3C)s2)c1C. The molecule has 0 atom stereocenters. The molecule has 0 amide bonds. The van der Waals surface area contributed by atoms with Crippen LogP contribution >= 0.6 is 11.3 Å². The molecule has 0 aliphatic rings. The van der Waals surface area contributed by atoms with Crippen LogP contribution in [0.25, 0.3) is 43.1 Å². The topological polar surface area (TPSA) is 51.6 Å². The summed E-state index contributed by atoms with van der Waals surface area (Å²) in [5.41, 5.74) is 11.6. The van der Waals surface area contributed by atoms with Crippen LogP contribution in [0.15, 0.2) is 73.8 Å². The first-order valence-electron chi connectivity index (χ1n) is 10.9. The van der Waals surface area contributed by atoms with Gasteiger partial charge in [0.05, 0.1) is 0 Å². The Kier molecular flexibility index (Phi) is 5.56. The summed E-state index contributed by atoms with van der Waals surface area (Å²) >= 11 is 1.77. The molecule has 0 aliphatic heterocycles. The van der Waals surface area contributed by atoms with Crippen LogP contribution < -0.4 is 0 Å². The Morgan fingerprint density at radius 1 is 0.455 bits per heavy atom. The maximum Gasteiger partial charge on any atom is 0.0367 e. The molecule has 0 spiro atoms. The van der Waals surface area contributed by atoms with E-state index >= 15 is 0 Å². The minimum atomic E-state index is 1.12. The van der Waals surface area contributed by atoms with Gasteiger partial charge in [-0.3, -0.25) is 19.9 Å². The number of thiophene rings is 1. The monoisotopic (exact) mass is 448 g/mol. The molecule has 0 saturated heterocycles. The molecule has 0 unspecified atom stereocenters. The Bertz CT molecular complexity index is 1360. The summed E-state index contributed by atoms with van der Waals surface area (Å²) in [6.07, 6.45) is 15.3. The van der Waals surface area contributed by atoms with E-state index in [1.807, 2.05) is 61.7 Å². The maximum absolute atomic E-state index is 4.56. The third-order valence-corrected chi connectivity index (χ3v) is 7.38. The van der Waals surface area contributed by atoms with E-state index in [-0.39, 0.29) is 0 Å². The molecule has 5 aromatic heterocycles. The molecular formula is C28H24N4S. The van der Waals surface area contributed by atoms with Gasteiger partial charge in [0.2, 0.25) is 0 Å². The van der Waals surface area contributed by atoms with E-state index in [0.717, 1.165) is 33.4 Å². The van der Waals surface area contributed by atoms with E-state index < -0.39 is 0 Å². The van der Waals surface area contributed by atoms with Gasteiger partial charge in [-0.2, -0.15) is 0 Å². The van der Waals surface area contributed by atoms with Crippen LogP contribution in [0.2, 0.25) is 0 Å². The summed E-state index contributed by atoms with van der Waals surface area (Å²) in [5, 5.41) is 0. The van der Waals surface area contributed by atoms with Crippen molar-refractivity contribution in [3.8, 4) is 43.1 Å². The van der Waals surface area contributed by atoms with Crippen molar-refractivity contribution in [1.82, 2.24) is 19.9 Å². The Morgan fingerprint density at radius 3 is 1.27 bits per heavy atom. The highest BCUT2D eigenvalue weighted by Gasteiger charge is 2.16. The smallest absolute Gasteiger partial charge is 0.0367 e. The fourth-order valence-corrected chi connectivity index (χ4v) is 5.35. The Labute approximate surface area is 198 Å². The van der Waals surface area contributed by atoms with Crippen LogP contribution in [0.1, 0.15) is 22.3 Å². The van der Waals surface area contributed by atoms with Crippen molar-refractivity contribution in [2.45, 2.75) is 27.7 Å². The molecule has 0 aromatic carbocycles. The van der Waals surface area contributed by atoms with Crippen molar-refractivity contribution in [3.05, 3.63) is 96.1 Å². The molecule has 5 heterocycles. The zero-order valence-corrected chi connectivity index (χ0v) is 19.9. The summed E-state index contributed by atoms with van der Waals surface area (Å²) in [6.45, 7) is 8.55. The molecule has 33 heavy (non-hydrogen) atoms. The van der Waals surface area contributed by atoms with Gasteiger partial charge < -0.3 is 0 Å². The summed E-state index contributed by atoms with van der Waals surface area (Å²) in [7, 11) is 0. The van der Waals surface area contributed by atoms with Crippen LogP contribution in [0.5, 0.6) is 0 Å². The van der Waals surface area contributed by atoms with Crippen LogP contribution in [-0.4, -0.2) is 19.9 Å². The van der Waals surface area contributed by atoms with Gasteiger partial charge in [0, 0.05) is 92.7 Å². The minimum absolute atomic E-state index is 1.12. The molecule has 0 saturated carbocycles. The second-order valence-electron chi connectivity index (χ2n) is 8.26. The second-order valence-corrected chi connectivity index (χ2v) is 9.35. The predicted octanol–water partition coefficient (Wildman–Crippen LogP) is 7.23. The van der Waals surface area contributed by atoms with Crippen molar-refractivity contribution in [2.24, 2.45) is 0 Å². The lowest BCUT2D eigenvalue weighted by molar-refractivity contribution is 1.25. The lowest BCUT2D eigenvalue weighted by Crippen LogP contribution is -1.92. The van der Waals surface area contributed by atoms with Gasteiger partial charge in [-0.25, -0.2) is 0 Å². The molecule has 4 nitrogen and oxygen atoms in total. The van der Waals surface area contributed by atoms with Crippen molar-refractivity contribution in [2.75, 3.05) is 0 Å². The van der Waals surface area contributed by atoms with Gasteiger partial charge in [-0.1, -0.05) is 0 Å². The highest BCUT2D eigenvalue weighted by atomic mass is 32.1. The lowest BCUT2D eigenvalue weighted by atomic mass is 9.96. The van der Waals surface area contributed by atoms with Crippen molar-refractivity contribution >= 4 is 11.3 Å². The van der Waals surface area contributed by atoms with Crippen LogP contribution in [0.3, 0.4) is 0 Å². The fraction of sp³-hybridized carbons (Fsp3) is 0.143. The largest absolute Gasteiger partial charge is 0.264 e. The number of aromatic nitrogens is 4. The van der Waals surface area contributed by atoms with Crippen molar-refractivity contribution < 1.29 is 0 Å². The number of hydrogen-bond acceptors (Lipinski definition) is 5. The van der Waals surface area contributed by atoms with Crippen molar-refractivity contribution in [3.63, 3.8) is 0 Å². The number of hydrogen-bond donors (Lipinski definition) is 0. The summed E-state index contributed by atoms with van der Waals surface area (Å²) < 4.78 is 0. The van der Waals surface area contributed by atoms with E-state index in [0.29, 0.717) is 0 Å². The molecule has 5 heteroatoms. The van der Waals surface area contributed by atoms with Gasteiger partial charge in [-0.05, 0) is 74.2 Å². The molecule has 0 bridgehead atoms. The molecule has 0 radical (unpaired) electrons. The minimum Gasteiger partial charge on any atom is -0.264 e. The lowest BCUT2D eigenvalue weighted by Gasteiger charge is -2.12. The van der Waals surface area contributed by atoms with Crippen molar-refractivity contribution in [1.29, 1.82) is 0 Å². The Hall–Kier alpha value is -3.70. The molecule has 0 N–H and O–H groups in total. The van der Waals surface area contributed by atoms with E-state index in [1.54, 1.807) is 11.3 Å². The van der Waals surface area contributed by atoms with Crippen LogP contribution in [-0.2, 0) is 0 Å². The number of pyridine rings is 4. The molecule has 0 fully saturated rings. The zero-order valence-electron chi connectivity index (χ0n) is 19.1. The first-order chi connectivity index (χ1) is 16.0. The van der Waals surface area contributed by atoms with Gasteiger partial charge >= 0.3 is 0 Å². The first kappa shape index (κ1) is 21.2. The molecule has 0 aliphatic carbocycles. The van der Waals surface area contributed by atoms with Crippen LogP contribution in [0.4, 0.5) is 0 Å².